The van der Waals surface area contributed by atoms with Crippen molar-refractivity contribution in [2.45, 2.75) is 19.3 Å². The van der Waals surface area contributed by atoms with Crippen LogP contribution in [-0.2, 0) is 16.5 Å². The average Bonchev–Trinajstić information content (AvgIpc) is 2.49. The Labute approximate surface area is 77.7 Å². The van der Waals surface area contributed by atoms with Crippen LogP contribution in [0.2, 0.25) is 0 Å². The van der Waals surface area contributed by atoms with Gasteiger partial charge >= 0.3 is 35.3 Å². The van der Waals surface area contributed by atoms with Crippen molar-refractivity contribution < 1.29 is 16.5 Å². The van der Waals surface area contributed by atoms with E-state index >= 15 is 0 Å². The minimum atomic E-state index is -0.472. The first-order chi connectivity index (χ1) is 4.86. The molecule has 10 heavy (non-hydrogen) atoms. The van der Waals surface area contributed by atoms with Gasteiger partial charge in [0.15, 0.2) is 0 Å². The number of hydrogen-bond acceptors (Lipinski definition) is 0. The number of fused-ring (bicyclic) bond motifs is 2. The minimum absolute atomic E-state index is 0.472. The maximum absolute atomic E-state index is 4.88. The van der Waals surface area contributed by atoms with E-state index in [1.165, 1.54) is 24.8 Å². The molecule has 0 spiro atoms. The molecule has 3 heteroatoms. The standard InChI is InChI=1S/C7H7.2ClH.Pt/c1-2-7-4-3-6(1)5-7;;;/h1H,3-5H2;2*1H;/q-1;;;+2/p-2. The van der Waals surface area contributed by atoms with Gasteiger partial charge in [0.05, 0.1) is 0 Å². The zero-order valence-electron chi connectivity index (χ0n) is 5.27. The molecule has 0 heterocycles. The predicted octanol–water partition coefficient (Wildman–Crippen LogP) is 3.22. The summed E-state index contributed by atoms with van der Waals surface area (Å²) in [5.41, 5.74) is 3.12. The molecule has 2 aliphatic carbocycles. The van der Waals surface area contributed by atoms with E-state index in [9.17, 15) is 0 Å². The van der Waals surface area contributed by atoms with Gasteiger partial charge in [0.25, 0.3) is 0 Å². The Morgan fingerprint density at radius 3 is 2.20 bits per heavy atom. The number of hydrogen-bond donors (Lipinski definition) is 0. The van der Waals surface area contributed by atoms with Gasteiger partial charge in [-0.15, -0.1) is 0 Å². The topological polar surface area (TPSA) is 0 Å². The first-order valence-electron chi connectivity index (χ1n) is 2.98. The van der Waals surface area contributed by atoms with E-state index in [1.807, 2.05) is 0 Å². The van der Waals surface area contributed by atoms with Crippen molar-refractivity contribution in [3.05, 3.63) is 23.3 Å². The molecule has 60 valence electrons. The van der Waals surface area contributed by atoms with Crippen molar-refractivity contribution in [1.82, 2.24) is 0 Å². The van der Waals surface area contributed by atoms with Crippen LogP contribution in [0.5, 0.6) is 0 Å². The van der Waals surface area contributed by atoms with Crippen LogP contribution in [0.3, 0.4) is 0 Å². The first-order valence-corrected chi connectivity index (χ1v) is 8.61. The molecule has 0 aromatic rings. The second-order valence-corrected chi connectivity index (χ2v) is 5.56. The second kappa shape index (κ2) is 4.59. The van der Waals surface area contributed by atoms with Crippen LogP contribution in [0, 0.1) is 6.08 Å². The van der Waals surface area contributed by atoms with Gasteiger partial charge in [-0.05, 0) is 0 Å². The summed E-state index contributed by atoms with van der Waals surface area (Å²) in [6, 6.07) is 0. The summed E-state index contributed by atoms with van der Waals surface area (Å²) in [6.07, 6.45) is 9.22. The van der Waals surface area contributed by atoms with Gasteiger partial charge in [-0.3, -0.25) is 6.08 Å². The first kappa shape index (κ1) is 8.84. The van der Waals surface area contributed by atoms with E-state index in [-0.39, 0.29) is 0 Å². The number of halogens is 2. The van der Waals surface area contributed by atoms with E-state index in [0.29, 0.717) is 0 Å². The summed E-state index contributed by atoms with van der Waals surface area (Å²) in [5, 5.41) is 0. The maximum atomic E-state index is 4.88. The Morgan fingerprint density at radius 1 is 1.40 bits per heavy atom. The van der Waals surface area contributed by atoms with E-state index in [0.717, 1.165) is 0 Å². The zero-order chi connectivity index (χ0) is 7.40. The molecule has 0 nitrogen and oxygen atoms in total. The summed E-state index contributed by atoms with van der Waals surface area (Å²) in [6.45, 7) is 0. The van der Waals surface area contributed by atoms with Crippen molar-refractivity contribution >= 4 is 18.8 Å². The van der Waals surface area contributed by atoms with Gasteiger partial charge in [-0.2, -0.15) is 5.57 Å². The quantitative estimate of drug-likeness (QED) is 0.584. The van der Waals surface area contributed by atoms with E-state index in [1.54, 1.807) is 5.57 Å². The molecule has 0 saturated heterocycles. The molecule has 2 bridgehead atoms. The molecule has 0 radical (unpaired) electrons. The SMILES string of the molecule is [C-]1=C2CCC(=C1)C2.[Cl][Pt][Cl]. The fourth-order valence-corrected chi connectivity index (χ4v) is 1.21. The molecule has 0 N–H and O–H groups in total. The molecule has 1 fully saturated rings. The molecule has 2 aliphatic rings. The summed E-state index contributed by atoms with van der Waals surface area (Å²) >= 11 is -0.472. The van der Waals surface area contributed by atoms with Gasteiger partial charge in [0.1, 0.15) is 0 Å². The predicted molar refractivity (Wildman–Crippen MR) is 40.4 cm³/mol. The fourth-order valence-electron chi connectivity index (χ4n) is 1.21. The number of allylic oxidation sites excluding steroid dienone is 4. The Balaban J connectivity index is 0.000000148. The molecule has 2 rings (SSSR count). The molecule has 0 unspecified atom stereocenters. The Hall–Kier alpha value is 0.748. The van der Waals surface area contributed by atoms with Crippen molar-refractivity contribution in [2.24, 2.45) is 0 Å². The molecular weight excluding hydrogens is 350 g/mol. The normalized spacial score (nSPS) is 19.8. The average molecular weight is 357 g/mol. The molecular formula is C7H7Cl2Pt-. The van der Waals surface area contributed by atoms with Crippen LogP contribution in [-0.4, -0.2) is 0 Å². The Kier molecular flexibility index (Phi) is 4.06. The van der Waals surface area contributed by atoms with Crippen LogP contribution in [0.15, 0.2) is 17.2 Å². The van der Waals surface area contributed by atoms with Crippen LogP contribution in [0.4, 0.5) is 0 Å². The van der Waals surface area contributed by atoms with Crippen LogP contribution in [0.25, 0.3) is 0 Å². The summed E-state index contributed by atoms with van der Waals surface area (Å²) in [4.78, 5) is 0. The summed E-state index contributed by atoms with van der Waals surface area (Å²) in [5.74, 6) is 0. The van der Waals surface area contributed by atoms with Gasteiger partial charge in [0.2, 0.25) is 0 Å². The van der Waals surface area contributed by atoms with Gasteiger partial charge in [0, 0.05) is 0 Å². The summed E-state index contributed by atoms with van der Waals surface area (Å²) in [7, 11) is 9.75. The summed E-state index contributed by atoms with van der Waals surface area (Å²) < 4.78 is 0. The van der Waals surface area contributed by atoms with Gasteiger partial charge in [-0.1, -0.05) is 19.3 Å². The van der Waals surface area contributed by atoms with E-state index < -0.39 is 16.5 Å². The van der Waals surface area contributed by atoms with Gasteiger partial charge < -0.3 is 0 Å². The number of rotatable bonds is 0. The Bertz CT molecular complexity index is 154. The van der Waals surface area contributed by atoms with Crippen LogP contribution in [0.1, 0.15) is 19.3 Å². The van der Waals surface area contributed by atoms with E-state index in [2.05, 4.69) is 12.2 Å². The third-order valence-corrected chi connectivity index (χ3v) is 1.67. The van der Waals surface area contributed by atoms with E-state index in [4.69, 9.17) is 18.8 Å². The monoisotopic (exact) mass is 356 g/mol. The fraction of sp³-hybridized carbons (Fsp3) is 0.429. The molecule has 0 aromatic carbocycles. The van der Waals surface area contributed by atoms with Gasteiger partial charge in [-0.25, -0.2) is 11.6 Å². The van der Waals surface area contributed by atoms with Crippen LogP contribution < -0.4 is 0 Å². The zero-order valence-corrected chi connectivity index (χ0v) is 9.05. The third kappa shape index (κ3) is 2.41. The Morgan fingerprint density at radius 2 is 2.10 bits per heavy atom. The van der Waals surface area contributed by atoms with Crippen molar-refractivity contribution in [2.75, 3.05) is 0 Å². The molecule has 0 aliphatic heterocycles. The third-order valence-electron chi connectivity index (χ3n) is 1.67. The van der Waals surface area contributed by atoms with Crippen molar-refractivity contribution in [1.29, 1.82) is 0 Å². The molecule has 1 saturated carbocycles. The molecule has 0 atom stereocenters. The van der Waals surface area contributed by atoms with Crippen molar-refractivity contribution in [3.63, 3.8) is 0 Å². The molecule has 0 amide bonds. The molecule has 0 aromatic heterocycles. The second-order valence-electron chi connectivity index (χ2n) is 2.27. The van der Waals surface area contributed by atoms with Crippen LogP contribution >= 0.6 is 18.8 Å². The van der Waals surface area contributed by atoms with Crippen molar-refractivity contribution in [3.8, 4) is 0 Å².